The Labute approximate surface area is 221 Å². The minimum absolute atomic E-state index is 0.0349. The Morgan fingerprint density at radius 3 is 1.82 bits per heavy atom. The molecular formula is C31H29N3O4. The number of morpholine rings is 1. The first kappa shape index (κ1) is 25.3. The molecule has 0 spiro atoms. The number of hydrogen-bond donors (Lipinski definition) is 1. The molecule has 1 N–H and O–H groups in total. The third kappa shape index (κ3) is 5.95. The molecule has 1 aromatic heterocycles. The van der Waals surface area contributed by atoms with Crippen LogP contribution in [-0.4, -0.2) is 53.9 Å². The van der Waals surface area contributed by atoms with E-state index in [9.17, 15) is 14.4 Å². The van der Waals surface area contributed by atoms with E-state index in [1.54, 1.807) is 42.5 Å². The summed E-state index contributed by atoms with van der Waals surface area (Å²) in [5, 5.41) is 6.78. The highest BCUT2D eigenvalue weighted by atomic mass is 16.5. The summed E-state index contributed by atoms with van der Waals surface area (Å²) in [5.41, 5.74) is 5.77. The molecule has 0 aliphatic carbocycles. The minimum Gasteiger partial charge on any atom is -0.378 e. The first-order valence-electron chi connectivity index (χ1n) is 12.7. The number of anilines is 1. The smallest absolute Gasteiger partial charge is 0.193 e. The number of carbonyl (C=O) groups is 3. The first-order valence-corrected chi connectivity index (χ1v) is 12.7. The predicted octanol–water partition coefficient (Wildman–Crippen LogP) is 4.64. The van der Waals surface area contributed by atoms with E-state index in [1.165, 1.54) is 0 Å². The van der Waals surface area contributed by atoms with Crippen molar-refractivity contribution in [3.8, 4) is 0 Å². The fraction of sp³-hybridized carbons (Fsp3) is 0.226. The zero-order valence-electron chi connectivity index (χ0n) is 21.3. The van der Waals surface area contributed by atoms with Gasteiger partial charge in [-0.1, -0.05) is 48.5 Å². The summed E-state index contributed by atoms with van der Waals surface area (Å²) in [7, 11) is 0. The number of H-pyrrole nitrogens is 1. The maximum Gasteiger partial charge on any atom is 0.193 e. The Morgan fingerprint density at radius 1 is 0.763 bits per heavy atom. The lowest BCUT2D eigenvalue weighted by Gasteiger charge is -2.28. The number of hydrogen-bond acceptors (Lipinski definition) is 6. The van der Waals surface area contributed by atoms with E-state index < -0.39 is 0 Å². The normalized spacial score (nSPS) is 13.3. The Kier molecular flexibility index (Phi) is 7.56. The van der Waals surface area contributed by atoms with Crippen LogP contribution in [0.1, 0.15) is 53.6 Å². The Bertz CT molecular complexity index is 1430. The number of ketones is 3. The van der Waals surface area contributed by atoms with E-state index in [1.807, 2.05) is 43.3 Å². The van der Waals surface area contributed by atoms with Gasteiger partial charge in [-0.15, -0.1) is 0 Å². The molecule has 4 aromatic rings. The van der Waals surface area contributed by atoms with Crippen molar-refractivity contribution < 1.29 is 19.1 Å². The van der Waals surface area contributed by atoms with Crippen LogP contribution in [0.25, 0.3) is 0 Å². The van der Waals surface area contributed by atoms with Crippen molar-refractivity contribution in [1.29, 1.82) is 0 Å². The van der Waals surface area contributed by atoms with Crippen LogP contribution in [0.4, 0.5) is 5.69 Å². The highest BCUT2D eigenvalue weighted by molar-refractivity contribution is 6.09. The Balaban J connectivity index is 1.17. The highest BCUT2D eigenvalue weighted by Gasteiger charge is 2.15. The molecule has 0 bridgehead atoms. The number of aryl methyl sites for hydroxylation is 1. The number of aromatic nitrogens is 2. The lowest BCUT2D eigenvalue weighted by molar-refractivity contribution is 0.0982. The summed E-state index contributed by atoms with van der Waals surface area (Å²) in [5.74, 6) is -0.151. The second kappa shape index (κ2) is 11.4. The third-order valence-corrected chi connectivity index (χ3v) is 6.72. The molecule has 0 atom stereocenters. The molecule has 5 rings (SSSR count). The maximum atomic E-state index is 13.0. The standard InChI is InChI=1S/C31H29N3O4/c1-21-18-28(33-32-21)30(36)20-23-4-8-26(9-5-23)31(37)25-6-2-22(3-7-25)19-29(35)24-10-12-27(13-11-24)34-14-16-38-17-15-34/h2-13,18H,14-17,19-20H2,1H3,(H,32,33). The van der Waals surface area contributed by atoms with Crippen LogP contribution in [0, 0.1) is 6.92 Å². The van der Waals surface area contributed by atoms with E-state index in [2.05, 4.69) is 15.1 Å². The van der Waals surface area contributed by atoms with Crippen LogP contribution in [-0.2, 0) is 17.6 Å². The number of Topliss-reactive ketones (excluding diaryl/α,β-unsaturated/α-hetero) is 2. The van der Waals surface area contributed by atoms with Gasteiger partial charge in [-0.25, -0.2) is 0 Å². The molecule has 1 saturated heterocycles. The monoisotopic (exact) mass is 507 g/mol. The van der Waals surface area contributed by atoms with Crippen molar-refractivity contribution in [2.24, 2.45) is 0 Å². The average Bonchev–Trinajstić information content (AvgIpc) is 3.40. The topological polar surface area (TPSA) is 92.4 Å². The van der Waals surface area contributed by atoms with E-state index >= 15 is 0 Å². The fourth-order valence-corrected chi connectivity index (χ4v) is 4.52. The van der Waals surface area contributed by atoms with E-state index in [0.29, 0.717) is 22.4 Å². The number of benzene rings is 3. The van der Waals surface area contributed by atoms with Gasteiger partial charge in [0.1, 0.15) is 5.69 Å². The largest absolute Gasteiger partial charge is 0.378 e. The van der Waals surface area contributed by atoms with Crippen molar-refractivity contribution in [3.63, 3.8) is 0 Å². The van der Waals surface area contributed by atoms with Crippen molar-refractivity contribution in [2.75, 3.05) is 31.2 Å². The summed E-state index contributed by atoms with van der Waals surface area (Å²) in [6.07, 6.45) is 0.487. The number of carbonyl (C=O) groups excluding carboxylic acids is 3. The van der Waals surface area contributed by atoms with Crippen LogP contribution in [0.5, 0.6) is 0 Å². The summed E-state index contributed by atoms with van der Waals surface area (Å²) in [4.78, 5) is 40.4. The van der Waals surface area contributed by atoms with Crippen LogP contribution in [0.15, 0.2) is 78.9 Å². The molecular weight excluding hydrogens is 478 g/mol. The zero-order chi connectivity index (χ0) is 26.5. The highest BCUT2D eigenvalue weighted by Crippen LogP contribution is 2.19. The second-order valence-electron chi connectivity index (χ2n) is 9.51. The van der Waals surface area contributed by atoms with E-state index in [4.69, 9.17) is 4.74 Å². The van der Waals surface area contributed by atoms with Gasteiger partial charge in [0.25, 0.3) is 0 Å². The lowest BCUT2D eigenvalue weighted by Crippen LogP contribution is -2.36. The summed E-state index contributed by atoms with van der Waals surface area (Å²) < 4.78 is 5.40. The zero-order valence-corrected chi connectivity index (χ0v) is 21.3. The van der Waals surface area contributed by atoms with Gasteiger partial charge in [-0.3, -0.25) is 19.5 Å². The molecule has 7 nitrogen and oxygen atoms in total. The van der Waals surface area contributed by atoms with Gasteiger partial charge < -0.3 is 9.64 Å². The quantitative estimate of drug-likeness (QED) is 0.332. The number of nitrogens with zero attached hydrogens (tertiary/aromatic N) is 2. The number of aromatic amines is 1. The maximum absolute atomic E-state index is 13.0. The first-order chi connectivity index (χ1) is 18.5. The average molecular weight is 508 g/mol. The van der Waals surface area contributed by atoms with Crippen LogP contribution >= 0.6 is 0 Å². The van der Waals surface area contributed by atoms with Gasteiger partial charge in [0, 0.05) is 54.0 Å². The summed E-state index contributed by atoms with van der Waals surface area (Å²) >= 11 is 0. The van der Waals surface area contributed by atoms with Crippen molar-refractivity contribution in [2.45, 2.75) is 19.8 Å². The summed E-state index contributed by atoms with van der Waals surface area (Å²) in [6.45, 7) is 5.00. The van der Waals surface area contributed by atoms with E-state index in [0.717, 1.165) is 48.8 Å². The molecule has 3 aromatic carbocycles. The van der Waals surface area contributed by atoms with Crippen molar-refractivity contribution in [3.05, 3.63) is 118 Å². The Morgan fingerprint density at radius 2 is 1.29 bits per heavy atom. The molecule has 1 aliphatic heterocycles. The molecule has 7 heteroatoms. The van der Waals surface area contributed by atoms with Gasteiger partial charge in [-0.2, -0.15) is 5.10 Å². The molecule has 0 unspecified atom stereocenters. The predicted molar refractivity (Wildman–Crippen MR) is 145 cm³/mol. The summed E-state index contributed by atoms with van der Waals surface area (Å²) in [6, 6.07) is 23.7. The molecule has 0 radical (unpaired) electrons. The van der Waals surface area contributed by atoms with E-state index in [-0.39, 0.29) is 30.2 Å². The van der Waals surface area contributed by atoms with Gasteiger partial charge >= 0.3 is 0 Å². The van der Waals surface area contributed by atoms with Gasteiger partial charge in [0.2, 0.25) is 0 Å². The Hall–Kier alpha value is -4.36. The molecule has 1 fully saturated rings. The number of nitrogens with one attached hydrogen (secondary N) is 1. The molecule has 0 saturated carbocycles. The van der Waals surface area contributed by atoms with Crippen LogP contribution in [0.3, 0.4) is 0 Å². The molecule has 38 heavy (non-hydrogen) atoms. The molecule has 0 amide bonds. The third-order valence-electron chi connectivity index (χ3n) is 6.72. The van der Waals surface area contributed by atoms with Crippen LogP contribution < -0.4 is 4.90 Å². The molecule has 1 aliphatic rings. The van der Waals surface area contributed by atoms with Gasteiger partial charge in [0.15, 0.2) is 17.3 Å². The second-order valence-corrected chi connectivity index (χ2v) is 9.51. The fourth-order valence-electron chi connectivity index (χ4n) is 4.52. The van der Waals surface area contributed by atoms with Gasteiger partial charge in [0.05, 0.1) is 13.2 Å². The molecule has 192 valence electrons. The lowest BCUT2D eigenvalue weighted by atomic mass is 9.97. The van der Waals surface area contributed by atoms with Crippen LogP contribution in [0.2, 0.25) is 0 Å². The van der Waals surface area contributed by atoms with Crippen molar-refractivity contribution >= 4 is 23.0 Å². The van der Waals surface area contributed by atoms with Gasteiger partial charge in [-0.05, 0) is 48.4 Å². The number of rotatable bonds is 9. The van der Waals surface area contributed by atoms with Crippen molar-refractivity contribution in [1.82, 2.24) is 10.2 Å². The SMILES string of the molecule is Cc1cc(C(=O)Cc2ccc(C(=O)c3ccc(CC(=O)c4ccc(N5CCOCC5)cc4)cc3)cc2)n[nH]1. The molecule has 2 heterocycles. The number of ether oxygens (including phenoxy) is 1. The minimum atomic E-state index is -0.109.